The van der Waals surface area contributed by atoms with Crippen molar-refractivity contribution in [2.24, 2.45) is 13.0 Å². The van der Waals surface area contributed by atoms with Crippen molar-refractivity contribution in [1.82, 2.24) is 15.1 Å². The van der Waals surface area contributed by atoms with Gasteiger partial charge >= 0.3 is 0 Å². The fourth-order valence-corrected chi connectivity index (χ4v) is 3.57. The minimum absolute atomic E-state index is 0.648. The predicted molar refractivity (Wildman–Crippen MR) is 80.5 cm³/mol. The zero-order valence-corrected chi connectivity index (χ0v) is 13.1. The van der Waals surface area contributed by atoms with E-state index < -0.39 is 0 Å². The molecule has 4 heteroatoms. The van der Waals surface area contributed by atoms with E-state index in [0.29, 0.717) is 6.04 Å². The average Bonchev–Trinajstić information content (AvgIpc) is 2.71. The summed E-state index contributed by atoms with van der Waals surface area (Å²) in [6.45, 7) is 5.24. The van der Waals surface area contributed by atoms with Crippen LogP contribution in [0.5, 0.6) is 0 Å². The number of rotatable bonds is 5. The highest BCUT2D eigenvalue weighted by Crippen LogP contribution is 2.28. The molecule has 0 aromatic carbocycles. The Kier molecular flexibility index (Phi) is 5.28. The molecule has 1 fully saturated rings. The molecule has 1 N–H and O–H groups in total. The summed E-state index contributed by atoms with van der Waals surface area (Å²) in [5, 5.41) is 9.04. The van der Waals surface area contributed by atoms with Gasteiger partial charge in [-0.05, 0) is 25.2 Å². The Labute approximate surface area is 121 Å². The Hall–Kier alpha value is -0.540. The second-order valence-corrected chi connectivity index (χ2v) is 6.00. The first-order valence-corrected chi connectivity index (χ1v) is 7.98. The van der Waals surface area contributed by atoms with E-state index >= 15 is 0 Å². The normalized spacial score (nSPS) is 23.8. The molecule has 0 amide bonds. The first kappa shape index (κ1) is 14.9. The van der Waals surface area contributed by atoms with Crippen molar-refractivity contribution < 1.29 is 0 Å². The van der Waals surface area contributed by atoms with Crippen LogP contribution in [0.3, 0.4) is 0 Å². The maximum Gasteiger partial charge on any atom is 0.0863 e. The molecule has 108 valence electrons. The van der Waals surface area contributed by atoms with Crippen molar-refractivity contribution in [3.05, 3.63) is 16.4 Å². The van der Waals surface area contributed by atoms with Crippen molar-refractivity contribution in [2.45, 2.75) is 65.0 Å². The van der Waals surface area contributed by atoms with Crippen molar-refractivity contribution in [3.8, 4) is 0 Å². The van der Waals surface area contributed by atoms with Crippen molar-refractivity contribution in [1.29, 1.82) is 0 Å². The van der Waals surface area contributed by atoms with Crippen molar-refractivity contribution in [2.75, 3.05) is 0 Å². The van der Waals surface area contributed by atoms with Crippen LogP contribution in [0.4, 0.5) is 0 Å². The van der Waals surface area contributed by atoms with Gasteiger partial charge in [-0.3, -0.25) is 4.68 Å². The molecule has 1 saturated carbocycles. The lowest BCUT2D eigenvalue weighted by Crippen LogP contribution is -2.38. The molecular formula is C15H26ClN3. The molecule has 1 aliphatic carbocycles. The van der Waals surface area contributed by atoms with Crippen LogP contribution in [-0.2, 0) is 20.0 Å². The highest BCUT2D eigenvalue weighted by Gasteiger charge is 2.24. The summed E-state index contributed by atoms with van der Waals surface area (Å²) in [6, 6.07) is 0.648. The molecule has 1 heterocycles. The molecule has 0 radical (unpaired) electrons. The Bertz CT molecular complexity index is 414. The molecule has 2 atom stereocenters. The minimum atomic E-state index is 0.648. The molecule has 1 aromatic rings. The number of aryl methyl sites for hydroxylation is 2. The smallest absolute Gasteiger partial charge is 0.0863 e. The number of halogens is 1. The fraction of sp³-hybridized carbons (Fsp3) is 0.800. The zero-order chi connectivity index (χ0) is 13.8. The van der Waals surface area contributed by atoms with Gasteiger partial charge in [0.1, 0.15) is 0 Å². The summed E-state index contributed by atoms with van der Waals surface area (Å²) in [7, 11) is 1.99. The maximum atomic E-state index is 6.39. The zero-order valence-electron chi connectivity index (χ0n) is 12.4. The highest BCUT2D eigenvalue weighted by atomic mass is 35.5. The van der Waals surface area contributed by atoms with Gasteiger partial charge in [0.25, 0.3) is 0 Å². The van der Waals surface area contributed by atoms with Gasteiger partial charge in [-0.2, -0.15) is 5.10 Å². The number of hydrogen-bond donors (Lipinski definition) is 1. The fourth-order valence-electron chi connectivity index (χ4n) is 3.20. The lowest BCUT2D eigenvalue weighted by atomic mass is 9.83. The quantitative estimate of drug-likeness (QED) is 0.893. The number of nitrogens with zero attached hydrogens (tertiary/aromatic N) is 2. The van der Waals surface area contributed by atoms with Crippen LogP contribution in [0.1, 0.15) is 57.3 Å². The third-order valence-corrected chi connectivity index (χ3v) is 4.90. The third kappa shape index (κ3) is 3.32. The van der Waals surface area contributed by atoms with Crippen LogP contribution in [0.25, 0.3) is 0 Å². The standard InChI is InChI=1S/C15H26ClN3/c1-4-11-8-6-7-9-13(11)17-10-14-15(16)12(5-2)18-19(14)3/h11,13,17H,4-10H2,1-3H3. The van der Waals surface area contributed by atoms with Crippen LogP contribution in [-0.4, -0.2) is 15.8 Å². The number of aromatic nitrogens is 2. The second-order valence-electron chi connectivity index (χ2n) is 5.62. The van der Waals surface area contributed by atoms with Gasteiger partial charge in [0.2, 0.25) is 0 Å². The summed E-state index contributed by atoms with van der Waals surface area (Å²) in [5.41, 5.74) is 2.13. The van der Waals surface area contributed by atoms with E-state index in [1.807, 2.05) is 11.7 Å². The Morgan fingerprint density at radius 1 is 1.32 bits per heavy atom. The molecular weight excluding hydrogens is 258 g/mol. The molecule has 0 spiro atoms. The van der Waals surface area contributed by atoms with Crippen LogP contribution in [0.2, 0.25) is 5.02 Å². The lowest BCUT2D eigenvalue weighted by molar-refractivity contribution is 0.253. The molecule has 0 saturated heterocycles. The van der Waals surface area contributed by atoms with E-state index in [4.69, 9.17) is 11.6 Å². The summed E-state index contributed by atoms with van der Waals surface area (Å²) >= 11 is 6.39. The minimum Gasteiger partial charge on any atom is -0.308 e. The van der Waals surface area contributed by atoms with Crippen LogP contribution in [0, 0.1) is 5.92 Å². The molecule has 19 heavy (non-hydrogen) atoms. The van der Waals surface area contributed by atoms with Gasteiger partial charge in [-0.15, -0.1) is 0 Å². The summed E-state index contributed by atoms with van der Waals surface area (Å²) in [5.74, 6) is 0.825. The molecule has 2 rings (SSSR count). The summed E-state index contributed by atoms with van der Waals surface area (Å²) in [4.78, 5) is 0. The number of hydrogen-bond acceptors (Lipinski definition) is 2. The first-order valence-electron chi connectivity index (χ1n) is 7.61. The monoisotopic (exact) mass is 283 g/mol. The van der Waals surface area contributed by atoms with E-state index in [0.717, 1.165) is 35.3 Å². The van der Waals surface area contributed by atoms with Gasteiger partial charge in [0.05, 0.1) is 16.4 Å². The van der Waals surface area contributed by atoms with E-state index in [1.165, 1.54) is 32.1 Å². The van der Waals surface area contributed by atoms with E-state index in [9.17, 15) is 0 Å². The van der Waals surface area contributed by atoms with E-state index in [2.05, 4.69) is 24.3 Å². The van der Waals surface area contributed by atoms with Crippen LogP contribution in [0.15, 0.2) is 0 Å². The highest BCUT2D eigenvalue weighted by molar-refractivity contribution is 6.31. The Morgan fingerprint density at radius 2 is 2.05 bits per heavy atom. The topological polar surface area (TPSA) is 29.9 Å². The molecule has 1 aromatic heterocycles. The van der Waals surface area contributed by atoms with Gasteiger partial charge < -0.3 is 5.32 Å². The Morgan fingerprint density at radius 3 is 2.68 bits per heavy atom. The maximum absolute atomic E-state index is 6.39. The molecule has 0 bridgehead atoms. The first-order chi connectivity index (χ1) is 9.17. The van der Waals surface area contributed by atoms with Gasteiger partial charge in [-0.1, -0.05) is 44.7 Å². The lowest BCUT2D eigenvalue weighted by Gasteiger charge is -2.31. The Balaban J connectivity index is 1.99. The van der Waals surface area contributed by atoms with Gasteiger partial charge in [-0.25, -0.2) is 0 Å². The number of nitrogens with one attached hydrogen (secondary N) is 1. The van der Waals surface area contributed by atoms with Crippen LogP contribution < -0.4 is 5.32 Å². The van der Waals surface area contributed by atoms with E-state index in [-0.39, 0.29) is 0 Å². The molecule has 0 aliphatic heterocycles. The van der Waals surface area contributed by atoms with E-state index in [1.54, 1.807) is 0 Å². The van der Waals surface area contributed by atoms with Crippen LogP contribution >= 0.6 is 11.6 Å². The largest absolute Gasteiger partial charge is 0.308 e. The van der Waals surface area contributed by atoms with Crippen molar-refractivity contribution >= 4 is 11.6 Å². The molecule has 1 aliphatic rings. The van der Waals surface area contributed by atoms with Gasteiger partial charge in [0.15, 0.2) is 0 Å². The molecule has 2 unspecified atom stereocenters. The second kappa shape index (κ2) is 6.76. The summed E-state index contributed by atoms with van der Waals surface area (Å²) in [6.07, 6.45) is 7.59. The third-order valence-electron chi connectivity index (χ3n) is 4.47. The average molecular weight is 284 g/mol. The van der Waals surface area contributed by atoms with Crippen molar-refractivity contribution in [3.63, 3.8) is 0 Å². The SMILES string of the molecule is CCc1nn(C)c(CNC2CCCCC2CC)c1Cl. The van der Waals surface area contributed by atoms with Gasteiger partial charge in [0, 0.05) is 19.6 Å². The summed E-state index contributed by atoms with van der Waals surface area (Å²) < 4.78 is 1.93. The predicted octanol–water partition coefficient (Wildman–Crippen LogP) is 3.69. The molecule has 3 nitrogen and oxygen atoms in total.